The predicted octanol–water partition coefficient (Wildman–Crippen LogP) is -2.31. The van der Waals surface area contributed by atoms with Crippen LogP contribution in [-0.4, -0.2) is 86.6 Å². The van der Waals surface area contributed by atoms with E-state index >= 15 is 0 Å². The Morgan fingerprint density at radius 3 is 1.43 bits per heavy atom. The molecule has 0 saturated heterocycles. The minimum atomic E-state index is -4.42. The van der Waals surface area contributed by atoms with Gasteiger partial charge in [0.05, 0.1) is 31.4 Å². The first-order valence-corrected chi connectivity index (χ1v) is 7.31. The number of quaternary nitrogens is 1. The van der Waals surface area contributed by atoms with Gasteiger partial charge in [-0.2, -0.15) is 0 Å². The van der Waals surface area contributed by atoms with Crippen LogP contribution in [0.1, 0.15) is 6.92 Å². The van der Waals surface area contributed by atoms with Gasteiger partial charge in [0, 0.05) is 0 Å². The zero-order valence-electron chi connectivity index (χ0n) is 12.0. The second kappa shape index (κ2) is 13.3. The first-order chi connectivity index (χ1) is 9.74. The maximum absolute atomic E-state index is 9.45. The average molecular weight is 337 g/mol. The average Bonchev–Trinajstić information content (AvgIpc) is 2.40. The molecule has 0 aliphatic heterocycles. The molecule has 0 fully saturated rings. The van der Waals surface area contributed by atoms with E-state index in [2.05, 4.69) is 4.18 Å². The van der Waals surface area contributed by atoms with Crippen molar-refractivity contribution in [3.8, 4) is 0 Å². The lowest BCUT2D eigenvalue weighted by Crippen LogP contribution is -2.45. The molecule has 0 rings (SSSR count). The van der Waals surface area contributed by atoms with Gasteiger partial charge >= 0.3 is 0 Å². The van der Waals surface area contributed by atoms with E-state index in [1.165, 1.54) is 14.0 Å². The minimum absolute atomic E-state index is 0.0351. The van der Waals surface area contributed by atoms with Crippen LogP contribution in [0.2, 0.25) is 0 Å². The Labute approximate surface area is 123 Å². The zero-order valence-corrected chi connectivity index (χ0v) is 12.8. The molecule has 0 aliphatic rings. The van der Waals surface area contributed by atoms with Gasteiger partial charge in [-0.05, 0) is 6.92 Å². The van der Waals surface area contributed by atoms with E-state index in [0.717, 1.165) is 0 Å². The van der Waals surface area contributed by atoms with Crippen molar-refractivity contribution in [2.45, 2.75) is 6.92 Å². The van der Waals surface area contributed by atoms with Crippen LogP contribution >= 0.6 is 0 Å². The summed E-state index contributed by atoms with van der Waals surface area (Å²) in [6.45, 7) is 0.936. The number of hydroxylamine groups is 3. The van der Waals surface area contributed by atoms with Gasteiger partial charge in [0.25, 0.3) is 0 Å². The zero-order chi connectivity index (χ0) is 16.8. The van der Waals surface area contributed by atoms with Gasteiger partial charge in [-0.25, -0.2) is 8.42 Å². The first kappa shape index (κ1) is 22.9. The number of nitrogens with zero attached hydrogens (tertiary/aromatic N) is 1. The molecular formula is C9H23NO10S. The van der Waals surface area contributed by atoms with E-state index in [9.17, 15) is 13.0 Å². The monoisotopic (exact) mass is 337 g/mol. The quantitative estimate of drug-likeness (QED) is 0.162. The van der Waals surface area contributed by atoms with Crippen LogP contribution in [0.4, 0.5) is 0 Å². The first-order valence-electron chi connectivity index (χ1n) is 5.97. The highest BCUT2D eigenvalue weighted by atomic mass is 32.3. The molecule has 11 nitrogen and oxygen atoms in total. The number of aliphatic hydroxyl groups is 3. The number of hydrogen-bond donors (Lipinski definition) is 3. The molecule has 0 saturated carbocycles. The van der Waals surface area contributed by atoms with E-state index in [4.69, 9.17) is 29.8 Å². The highest BCUT2D eigenvalue weighted by Gasteiger charge is 2.27. The van der Waals surface area contributed by atoms with E-state index < -0.39 is 15.4 Å². The van der Waals surface area contributed by atoms with Gasteiger partial charge in [0.2, 0.25) is 10.4 Å². The lowest BCUT2D eigenvalue weighted by atomic mass is 10.8. The number of rotatable bonds is 11. The topological polar surface area (TPSA) is 155 Å². The second-order valence-electron chi connectivity index (χ2n) is 3.26. The third-order valence-electron chi connectivity index (χ3n) is 1.51. The van der Waals surface area contributed by atoms with Crippen LogP contribution in [0.25, 0.3) is 0 Å². The number of aliphatic hydroxyl groups excluding tert-OH is 3. The summed E-state index contributed by atoms with van der Waals surface area (Å²) in [6, 6.07) is 0. The van der Waals surface area contributed by atoms with E-state index in [-0.39, 0.29) is 46.2 Å². The highest BCUT2D eigenvalue weighted by molar-refractivity contribution is 7.80. The summed E-state index contributed by atoms with van der Waals surface area (Å²) >= 11 is 0. The fraction of sp³-hybridized carbons (Fsp3) is 1.00. The predicted molar refractivity (Wildman–Crippen MR) is 66.6 cm³/mol. The van der Waals surface area contributed by atoms with Crippen LogP contribution in [0.5, 0.6) is 0 Å². The summed E-state index contributed by atoms with van der Waals surface area (Å²) < 4.78 is 32.0. The molecule has 0 bridgehead atoms. The molecule has 0 atom stereocenters. The highest BCUT2D eigenvalue weighted by Crippen LogP contribution is 2.06. The van der Waals surface area contributed by atoms with Crippen LogP contribution in [0.3, 0.4) is 0 Å². The minimum Gasteiger partial charge on any atom is -0.726 e. The Balaban J connectivity index is 0. The van der Waals surface area contributed by atoms with Gasteiger partial charge in [-0.15, -0.1) is 14.5 Å². The maximum Gasteiger partial charge on any atom is 0.217 e. The van der Waals surface area contributed by atoms with Crippen molar-refractivity contribution in [1.82, 2.24) is 0 Å². The standard InChI is InChI=1S/C7H18NO6.C2H6O4S/c1-8(12-5-2-9,13-6-3-10)14-7-4-11;1-2-6-7(3,4)5/h9-11H,2-7H2,1H3;2H2,1H3,(H,3,4,5)/q+1;/p-1. The normalized spacial score (nSPS) is 11.9. The van der Waals surface area contributed by atoms with Crippen LogP contribution in [0.15, 0.2) is 0 Å². The van der Waals surface area contributed by atoms with Crippen molar-refractivity contribution >= 4 is 10.4 Å². The van der Waals surface area contributed by atoms with Crippen molar-refractivity contribution in [3.63, 3.8) is 0 Å². The third-order valence-corrected chi connectivity index (χ3v) is 2.04. The van der Waals surface area contributed by atoms with Gasteiger partial charge in [0.1, 0.15) is 19.8 Å². The molecule has 0 radical (unpaired) electrons. The molecule has 0 aromatic rings. The molecule has 0 unspecified atom stereocenters. The van der Waals surface area contributed by atoms with Crippen molar-refractivity contribution < 1.29 is 52.0 Å². The summed E-state index contributed by atoms with van der Waals surface area (Å²) in [5.41, 5.74) is 0. The SMILES string of the molecule is CCOS(=O)(=O)[O-].C[N+](OCCO)(OCCO)OCCO. The summed E-state index contributed by atoms with van der Waals surface area (Å²) in [5.74, 6) is 0. The second-order valence-corrected chi connectivity index (χ2v) is 4.31. The largest absolute Gasteiger partial charge is 0.726 e. The molecule has 0 aromatic carbocycles. The Morgan fingerprint density at radius 1 is 0.952 bits per heavy atom. The molecule has 21 heavy (non-hydrogen) atoms. The summed E-state index contributed by atoms with van der Waals surface area (Å²) in [5, 5.41) is 25.6. The molecule has 0 heterocycles. The fourth-order valence-electron chi connectivity index (χ4n) is 0.876. The van der Waals surface area contributed by atoms with Crippen molar-refractivity contribution in [2.75, 3.05) is 53.3 Å². The lowest BCUT2D eigenvalue weighted by molar-refractivity contribution is -1.36. The Morgan fingerprint density at radius 2 is 1.29 bits per heavy atom. The molecule has 130 valence electrons. The van der Waals surface area contributed by atoms with Crippen LogP contribution < -0.4 is 0 Å². The fourth-order valence-corrected chi connectivity index (χ4v) is 1.16. The van der Waals surface area contributed by atoms with Gasteiger partial charge < -0.3 is 19.9 Å². The Bertz CT molecular complexity index is 301. The molecule has 0 amide bonds. The molecule has 12 heteroatoms. The molecular weight excluding hydrogens is 314 g/mol. The van der Waals surface area contributed by atoms with Gasteiger partial charge in [-0.1, -0.05) is 0 Å². The van der Waals surface area contributed by atoms with Crippen molar-refractivity contribution in [3.05, 3.63) is 0 Å². The van der Waals surface area contributed by atoms with E-state index in [1.807, 2.05) is 0 Å². The third kappa shape index (κ3) is 17.5. The van der Waals surface area contributed by atoms with Crippen LogP contribution in [-0.2, 0) is 29.1 Å². The Hall–Kier alpha value is -0.410. The molecule has 0 spiro atoms. The van der Waals surface area contributed by atoms with E-state index in [0.29, 0.717) is 0 Å². The van der Waals surface area contributed by atoms with Gasteiger partial charge in [0.15, 0.2) is 7.05 Å². The summed E-state index contributed by atoms with van der Waals surface area (Å²) in [4.78, 5) is 14.3. The van der Waals surface area contributed by atoms with Crippen molar-refractivity contribution in [2.24, 2.45) is 0 Å². The summed E-state index contributed by atoms with van der Waals surface area (Å²) in [7, 11) is -2.98. The maximum atomic E-state index is 9.45. The lowest BCUT2D eigenvalue weighted by Gasteiger charge is -2.24. The Kier molecular flexibility index (Phi) is 14.4. The van der Waals surface area contributed by atoms with Gasteiger partial charge in [-0.3, -0.25) is 4.18 Å². The number of hydrogen-bond acceptors (Lipinski definition) is 10. The molecule has 0 aromatic heterocycles. The van der Waals surface area contributed by atoms with Crippen molar-refractivity contribution in [1.29, 1.82) is 0 Å². The summed E-state index contributed by atoms with van der Waals surface area (Å²) in [6.07, 6.45) is 0. The smallest absolute Gasteiger partial charge is 0.217 e. The molecule has 3 N–H and O–H groups in total. The molecule has 0 aliphatic carbocycles. The van der Waals surface area contributed by atoms with E-state index in [1.54, 1.807) is 0 Å². The van der Waals surface area contributed by atoms with Crippen LogP contribution in [0, 0.1) is 0 Å².